The molecule has 0 saturated heterocycles. The minimum atomic E-state index is -0.538. The number of ether oxygens (including phenoxy) is 1. The summed E-state index contributed by atoms with van der Waals surface area (Å²) in [5.74, 6) is -0.155. The van der Waals surface area contributed by atoms with E-state index < -0.39 is 5.54 Å². The Balaban J connectivity index is 4.08. The van der Waals surface area contributed by atoms with Crippen molar-refractivity contribution < 1.29 is 9.53 Å². The van der Waals surface area contributed by atoms with Crippen LogP contribution in [0.5, 0.6) is 0 Å². The van der Waals surface area contributed by atoms with Gasteiger partial charge < -0.3 is 15.0 Å². The number of hydrogen-bond donors (Lipinski definition) is 1. The molecule has 0 saturated carbocycles. The molecule has 0 aliphatic rings. The van der Waals surface area contributed by atoms with Crippen LogP contribution in [-0.4, -0.2) is 49.7 Å². The number of rotatable bonds is 12. The van der Waals surface area contributed by atoms with E-state index in [1.54, 1.807) is 0 Å². The molecule has 1 unspecified atom stereocenters. The van der Waals surface area contributed by atoms with E-state index in [9.17, 15) is 4.79 Å². The van der Waals surface area contributed by atoms with Gasteiger partial charge in [-0.2, -0.15) is 0 Å². The Kier molecular flexibility index (Phi) is 10.8. The second-order valence-corrected chi connectivity index (χ2v) is 5.60. The van der Waals surface area contributed by atoms with Gasteiger partial charge in [0.15, 0.2) is 0 Å². The monoisotopic (exact) mass is 286 g/mol. The lowest BCUT2D eigenvalue weighted by Crippen LogP contribution is -2.50. The van der Waals surface area contributed by atoms with Crippen molar-refractivity contribution in [1.29, 1.82) is 0 Å². The van der Waals surface area contributed by atoms with Crippen LogP contribution < -0.4 is 5.32 Å². The number of nitrogens with one attached hydrogen (secondary N) is 1. The van der Waals surface area contributed by atoms with Gasteiger partial charge in [0.05, 0.1) is 7.11 Å². The molecule has 0 spiro atoms. The zero-order valence-electron chi connectivity index (χ0n) is 14.1. The number of methoxy groups -OCH3 is 1. The number of carbonyl (C=O) groups excluding carboxylic acids is 1. The Morgan fingerprint density at radius 1 is 1.15 bits per heavy atom. The van der Waals surface area contributed by atoms with Crippen molar-refractivity contribution in [3.8, 4) is 0 Å². The highest BCUT2D eigenvalue weighted by molar-refractivity contribution is 5.80. The number of unbranched alkanes of at least 4 members (excludes halogenated alkanes) is 2. The smallest absolute Gasteiger partial charge is 0.325 e. The van der Waals surface area contributed by atoms with Crippen LogP contribution in [0.15, 0.2) is 0 Å². The number of carbonyl (C=O) groups is 1. The Labute approximate surface area is 125 Å². The van der Waals surface area contributed by atoms with E-state index in [1.807, 2.05) is 13.8 Å². The minimum absolute atomic E-state index is 0.155. The third-order valence-corrected chi connectivity index (χ3v) is 3.88. The molecule has 0 amide bonds. The molecule has 0 aromatic heterocycles. The molecule has 0 aromatic carbocycles. The van der Waals surface area contributed by atoms with Crippen molar-refractivity contribution >= 4 is 5.97 Å². The van der Waals surface area contributed by atoms with E-state index in [0.29, 0.717) is 0 Å². The van der Waals surface area contributed by atoms with Gasteiger partial charge in [0, 0.05) is 0 Å². The first kappa shape index (κ1) is 19.4. The highest BCUT2D eigenvalue weighted by atomic mass is 16.5. The topological polar surface area (TPSA) is 41.6 Å². The maximum atomic E-state index is 11.9. The first-order valence-electron chi connectivity index (χ1n) is 8.09. The average molecular weight is 286 g/mol. The lowest BCUT2D eigenvalue weighted by molar-refractivity contribution is -0.148. The van der Waals surface area contributed by atoms with Gasteiger partial charge in [0.25, 0.3) is 0 Å². The summed E-state index contributed by atoms with van der Waals surface area (Å²) in [6.07, 6.45) is 5.53. The molecule has 4 heteroatoms. The molecule has 0 heterocycles. The van der Waals surface area contributed by atoms with E-state index in [1.165, 1.54) is 26.5 Å². The molecule has 0 radical (unpaired) electrons. The zero-order chi connectivity index (χ0) is 15.4. The second-order valence-electron chi connectivity index (χ2n) is 5.60. The maximum absolute atomic E-state index is 11.9. The predicted octanol–water partition coefficient (Wildman–Crippen LogP) is 2.82. The van der Waals surface area contributed by atoms with Crippen molar-refractivity contribution in [3.05, 3.63) is 0 Å². The van der Waals surface area contributed by atoms with Crippen LogP contribution in [0.2, 0.25) is 0 Å². The maximum Gasteiger partial charge on any atom is 0.325 e. The third-order valence-electron chi connectivity index (χ3n) is 3.88. The van der Waals surface area contributed by atoms with Gasteiger partial charge in [0.1, 0.15) is 5.54 Å². The highest BCUT2D eigenvalue weighted by Crippen LogP contribution is 2.16. The van der Waals surface area contributed by atoms with Crippen molar-refractivity contribution in [2.75, 3.05) is 33.3 Å². The fraction of sp³-hybridized carbons (Fsp3) is 0.938. The molecular weight excluding hydrogens is 252 g/mol. The third kappa shape index (κ3) is 7.25. The van der Waals surface area contributed by atoms with Crippen molar-refractivity contribution in [3.63, 3.8) is 0 Å². The average Bonchev–Trinajstić information content (AvgIpc) is 2.46. The summed E-state index contributed by atoms with van der Waals surface area (Å²) in [5.41, 5.74) is -0.538. The molecule has 0 fully saturated rings. The summed E-state index contributed by atoms with van der Waals surface area (Å²) in [6, 6.07) is 0. The predicted molar refractivity (Wildman–Crippen MR) is 85.0 cm³/mol. The molecule has 0 rings (SSSR count). The summed E-state index contributed by atoms with van der Waals surface area (Å²) < 4.78 is 4.91. The lowest BCUT2D eigenvalue weighted by Gasteiger charge is -2.28. The molecule has 0 bridgehead atoms. The quantitative estimate of drug-likeness (QED) is 0.442. The summed E-state index contributed by atoms with van der Waals surface area (Å²) in [6.45, 7) is 12.6. The summed E-state index contributed by atoms with van der Waals surface area (Å²) in [4.78, 5) is 14.3. The number of likely N-dealkylation sites (N-methyl/N-ethyl adjacent to an activating group) is 1. The van der Waals surface area contributed by atoms with Gasteiger partial charge in [-0.1, -0.05) is 27.2 Å². The SMILES string of the molecule is CCCCN(CC)CCCCC(C)(NCC)C(=O)OC. The Bertz CT molecular complexity index is 259. The van der Waals surface area contributed by atoms with Crippen LogP contribution >= 0.6 is 0 Å². The first-order chi connectivity index (χ1) is 9.53. The van der Waals surface area contributed by atoms with Crippen LogP contribution in [0, 0.1) is 0 Å². The van der Waals surface area contributed by atoms with Gasteiger partial charge in [-0.3, -0.25) is 4.79 Å². The van der Waals surface area contributed by atoms with Gasteiger partial charge in [-0.15, -0.1) is 0 Å². The molecule has 20 heavy (non-hydrogen) atoms. The largest absolute Gasteiger partial charge is 0.468 e. The summed E-state index contributed by atoms with van der Waals surface area (Å²) in [7, 11) is 1.46. The molecule has 0 aromatic rings. The first-order valence-corrected chi connectivity index (χ1v) is 8.09. The van der Waals surface area contributed by atoms with Crippen molar-refractivity contribution in [2.45, 2.75) is 65.3 Å². The molecular formula is C16H34N2O2. The Hall–Kier alpha value is -0.610. The van der Waals surface area contributed by atoms with Crippen LogP contribution in [-0.2, 0) is 9.53 Å². The molecule has 4 nitrogen and oxygen atoms in total. The normalized spacial score (nSPS) is 14.3. The van der Waals surface area contributed by atoms with E-state index in [4.69, 9.17) is 4.74 Å². The fourth-order valence-corrected chi connectivity index (χ4v) is 2.50. The number of hydrogen-bond acceptors (Lipinski definition) is 4. The Morgan fingerprint density at radius 3 is 2.30 bits per heavy atom. The van der Waals surface area contributed by atoms with Crippen LogP contribution in [0.4, 0.5) is 0 Å². The minimum Gasteiger partial charge on any atom is -0.468 e. The summed E-state index contributed by atoms with van der Waals surface area (Å²) >= 11 is 0. The van der Waals surface area contributed by atoms with Gasteiger partial charge in [-0.25, -0.2) is 0 Å². The lowest BCUT2D eigenvalue weighted by atomic mass is 9.94. The van der Waals surface area contributed by atoms with Crippen molar-refractivity contribution in [1.82, 2.24) is 10.2 Å². The molecule has 1 atom stereocenters. The van der Waals surface area contributed by atoms with Crippen LogP contribution in [0.1, 0.15) is 59.8 Å². The van der Waals surface area contributed by atoms with Gasteiger partial charge in [0.2, 0.25) is 0 Å². The highest BCUT2D eigenvalue weighted by Gasteiger charge is 2.32. The van der Waals surface area contributed by atoms with Crippen molar-refractivity contribution in [2.24, 2.45) is 0 Å². The molecule has 0 aliphatic heterocycles. The summed E-state index contributed by atoms with van der Waals surface area (Å²) in [5, 5.41) is 3.26. The van der Waals surface area contributed by atoms with Gasteiger partial charge in [-0.05, 0) is 58.8 Å². The zero-order valence-corrected chi connectivity index (χ0v) is 14.1. The van der Waals surface area contributed by atoms with E-state index in [2.05, 4.69) is 24.1 Å². The van der Waals surface area contributed by atoms with E-state index in [0.717, 1.165) is 38.9 Å². The van der Waals surface area contributed by atoms with Crippen LogP contribution in [0.25, 0.3) is 0 Å². The second kappa shape index (κ2) is 11.1. The van der Waals surface area contributed by atoms with Crippen LogP contribution in [0.3, 0.4) is 0 Å². The standard InChI is InChI=1S/C16H34N2O2/c1-6-9-13-18(8-3)14-11-10-12-16(4,17-7-2)15(19)20-5/h17H,6-14H2,1-5H3. The number of nitrogens with zero attached hydrogens (tertiary/aromatic N) is 1. The van der Waals surface area contributed by atoms with Gasteiger partial charge >= 0.3 is 5.97 Å². The Morgan fingerprint density at radius 2 is 1.80 bits per heavy atom. The van der Waals surface area contributed by atoms with E-state index in [-0.39, 0.29) is 5.97 Å². The molecule has 1 N–H and O–H groups in total. The number of esters is 1. The molecule has 120 valence electrons. The molecule has 0 aliphatic carbocycles. The fourth-order valence-electron chi connectivity index (χ4n) is 2.50. The van der Waals surface area contributed by atoms with E-state index >= 15 is 0 Å².